The Morgan fingerprint density at radius 3 is 2.79 bits per heavy atom. The maximum Gasteiger partial charge on any atom is 0.324 e. The van der Waals surface area contributed by atoms with Gasteiger partial charge >= 0.3 is 12.0 Å². The number of rotatable bonds is 6. The third kappa shape index (κ3) is 4.22. The van der Waals surface area contributed by atoms with E-state index in [2.05, 4.69) is 5.32 Å². The van der Waals surface area contributed by atoms with E-state index < -0.39 is 28.9 Å². The topological polar surface area (TPSA) is 119 Å². The molecule has 9 nitrogen and oxygen atoms in total. The van der Waals surface area contributed by atoms with Crippen molar-refractivity contribution < 1.29 is 24.0 Å². The summed E-state index contributed by atoms with van der Waals surface area (Å²) >= 11 is 0.950. The van der Waals surface area contributed by atoms with Gasteiger partial charge in [0.2, 0.25) is 0 Å². The highest BCUT2D eigenvalue weighted by molar-refractivity contribution is 8.00. The molecule has 0 unspecified atom stereocenters. The van der Waals surface area contributed by atoms with Gasteiger partial charge in [-0.15, -0.1) is 11.8 Å². The van der Waals surface area contributed by atoms with Crippen molar-refractivity contribution in [3.63, 3.8) is 0 Å². The van der Waals surface area contributed by atoms with Gasteiger partial charge < -0.3 is 10.1 Å². The minimum Gasteiger partial charge on any atom is -0.452 e. The number of thioether (sulfide) groups is 1. The van der Waals surface area contributed by atoms with E-state index in [-0.39, 0.29) is 18.0 Å². The molecule has 0 saturated carbocycles. The molecule has 1 aliphatic heterocycles. The van der Waals surface area contributed by atoms with Crippen molar-refractivity contribution in [2.75, 3.05) is 18.8 Å². The molecule has 2 rings (SSSR count). The van der Waals surface area contributed by atoms with E-state index in [1.807, 2.05) is 0 Å². The lowest BCUT2D eigenvalue weighted by atomic mass is 10.3. The molecule has 24 heavy (non-hydrogen) atoms. The summed E-state index contributed by atoms with van der Waals surface area (Å²) < 4.78 is 4.99. The van der Waals surface area contributed by atoms with E-state index >= 15 is 0 Å². The van der Waals surface area contributed by atoms with Crippen LogP contribution in [0.2, 0.25) is 0 Å². The zero-order valence-corrected chi connectivity index (χ0v) is 13.6. The minimum absolute atomic E-state index is 0.104. The fraction of sp³-hybridized carbons (Fsp3) is 0.357. The van der Waals surface area contributed by atoms with Crippen LogP contribution in [0.25, 0.3) is 0 Å². The van der Waals surface area contributed by atoms with Crippen molar-refractivity contribution in [2.45, 2.75) is 17.9 Å². The maximum atomic E-state index is 12.0. The summed E-state index contributed by atoms with van der Waals surface area (Å²) in [4.78, 5) is 46.9. The first-order valence-corrected chi connectivity index (χ1v) is 8.03. The molecule has 1 heterocycles. The molecule has 1 aromatic rings. The molecule has 0 aliphatic carbocycles. The Morgan fingerprint density at radius 1 is 1.46 bits per heavy atom. The van der Waals surface area contributed by atoms with Crippen LogP contribution >= 0.6 is 11.8 Å². The van der Waals surface area contributed by atoms with Gasteiger partial charge in [-0.1, -0.05) is 12.1 Å². The summed E-state index contributed by atoms with van der Waals surface area (Å²) in [5.74, 6) is -1.48. The summed E-state index contributed by atoms with van der Waals surface area (Å²) in [6, 6.07) is 5.50. The van der Waals surface area contributed by atoms with Gasteiger partial charge in [-0.3, -0.25) is 24.6 Å². The van der Waals surface area contributed by atoms with Crippen molar-refractivity contribution in [2.24, 2.45) is 0 Å². The van der Waals surface area contributed by atoms with E-state index in [1.165, 1.54) is 25.1 Å². The summed E-state index contributed by atoms with van der Waals surface area (Å²) in [6.45, 7) is 1.96. The number of nitro benzene ring substituents is 1. The molecular weight excluding hydrogens is 338 g/mol. The van der Waals surface area contributed by atoms with Crippen LogP contribution in [0.1, 0.15) is 6.92 Å². The molecule has 1 aliphatic rings. The van der Waals surface area contributed by atoms with Gasteiger partial charge in [0.05, 0.1) is 15.6 Å². The van der Waals surface area contributed by atoms with E-state index in [0.29, 0.717) is 11.4 Å². The zero-order valence-electron chi connectivity index (χ0n) is 12.8. The number of esters is 1. The van der Waals surface area contributed by atoms with Crippen molar-refractivity contribution in [3.05, 3.63) is 34.4 Å². The molecule has 1 fully saturated rings. The first-order valence-electron chi connectivity index (χ1n) is 7.05. The zero-order chi connectivity index (χ0) is 17.7. The number of hydrogen-bond donors (Lipinski definition) is 1. The average molecular weight is 353 g/mol. The van der Waals surface area contributed by atoms with Crippen LogP contribution < -0.4 is 5.32 Å². The van der Waals surface area contributed by atoms with E-state index in [9.17, 15) is 24.5 Å². The number of amides is 3. The Labute approximate surface area is 141 Å². The van der Waals surface area contributed by atoms with Gasteiger partial charge in [-0.05, 0) is 13.0 Å². The quantitative estimate of drug-likeness (QED) is 0.353. The SMILES string of the molecule is C[C@H](OC(=O)CSc1ccccc1[N+](=O)[O-])C(=O)N1CCNC1=O. The Bertz CT molecular complexity index is 680. The van der Waals surface area contributed by atoms with Crippen LogP contribution in [-0.2, 0) is 14.3 Å². The van der Waals surface area contributed by atoms with Crippen molar-refractivity contribution >= 4 is 35.4 Å². The molecule has 3 amide bonds. The molecule has 1 N–H and O–H groups in total. The lowest BCUT2D eigenvalue weighted by Crippen LogP contribution is -2.42. The molecule has 1 atom stereocenters. The maximum absolute atomic E-state index is 12.0. The van der Waals surface area contributed by atoms with Crippen molar-refractivity contribution in [3.8, 4) is 0 Å². The highest BCUT2D eigenvalue weighted by Crippen LogP contribution is 2.28. The summed E-state index contributed by atoms with van der Waals surface area (Å²) in [6.07, 6.45) is -1.10. The van der Waals surface area contributed by atoms with E-state index in [4.69, 9.17) is 4.74 Å². The van der Waals surface area contributed by atoms with Gasteiger partial charge in [0.15, 0.2) is 6.10 Å². The van der Waals surface area contributed by atoms with Crippen LogP contribution in [0.15, 0.2) is 29.2 Å². The van der Waals surface area contributed by atoms with Gasteiger partial charge in [-0.2, -0.15) is 0 Å². The lowest BCUT2D eigenvalue weighted by Gasteiger charge is -2.18. The fourth-order valence-electron chi connectivity index (χ4n) is 2.05. The molecule has 1 aromatic carbocycles. The fourth-order valence-corrected chi connectivity index (χ4v) is 2.86. The highest BCUT2D eigenvalue weighted by Gasteiger charge is 2.31. The highest BCUT2D eigenvalue weighted by atomic mass is 32.2. The lowest BCUT2D eigenvalue weighted by molar-refractivity contribution is -0.387. The van der Waals surface area contributed by atoms with Crippen molar-refractivity contribution in [1.82, 2.24) is 10.2 Å². The van der Waals surface area contributed by atoms with Crippen LogP contribution in [0.5, 0.6) is 0 Å². The number of carbonyl (C=O) groups excluding carboxylic acids is 3. The van der Waals surface area contributed by atoms with Crippen LogP contribution in [0.3, 0.4) is 0 Å². The van der Waals surface area contributed by atoms with Gasteiger partial charge in [-0.25, -0.2) is 4.79 Å². The normalized spacial score (nSPS) is 14.9. The number of ether oxygens (including phenoxy) is 1. The summed E-state index contributed by atoms with van der Waals surface area (Å²) in [7, 11) is 0. The Hall–Kier alpha value is -2.62. The monoisotopic (exact) mass is 353 g/mol. The number of para-hydroxylation sites is 1. The third-order valence-corrected chi connectivity index (χ3v) is 4.22. The Balaban J connectivity index is 1.88. The molecule has 128 valence electrons. The summed E-state index contributed by atoms with van der Waals surface area (Å²) in [5, 5.41) is 13.4. The number of hydrogen-bond acceptors (Lipinski definition) is 7. The number of benzene rings is 1. The van der Waals surface area contributed by atoms with Crippen LogP contribution in [-0.4, -0.2) is 52.7 Å². The standard InChI is InChI=1S/C14H15N3O6S/c1-9(13(19)16-7-6-15-14(16)20)23-12(18)8-24-11-5-3-2-4-10(11)17(21)22/h2-5,9H,6-8H2,1H3,(H,15,20)/t9-/m0/s1. The molecule has 10 heteroatoms. The van der Waals surface area contributed by atoms with E-state index in [1.54, 1.807) is 6.07 Å². The third-order valence-electron chi connectivity index (χ3n) is 3.19. The first-order chi connectivity index (χ1) is 11.4. The largest absolute Gasteiger partial charge is 0.452 e. The number of carbonyl (C=O) groups is 3. The van der Waals surface area contributed by atoms with Crippen LogP contribution in [0.4, 0.5) is 10.5 Å². The predicted octanol–water partition coefficient (Wildman–Crippen LogP) is 1.17. The van der Waals surface area contributed by atoms with Gasteiger partial charge in [0.25, 0.3) is 11.6 Å². The van der Waals surface area contributed by atoms with Gasteiger partial charge in [0, 0.05) is 19.2 Å². The van der Waals surface area contributed by atoms with Crippen molar-refractivity contribution in [1.29, 1.82) is 0 Å². The Morgan fingerprint density at radius 2 is 2.17 bits per heavy atom. The average Bonchev–Trinajstić information content (AvgIpc) is 2.98. The number of urea groups is 1. The predicted molar refractivity (Wildman–Crippen MR) is 84.5 cm³/mol. The number of nitro groups is 1. The number of nitrogens with one attached hydrogen (secondary N) is 1. The van der Waals surface area contributed by atoms with Gasteiger partial charge in [0.1, 0.15) is 0 Å². The van der Waals surface area contributed by atoms with Crippen LogP contribution in [0, 0.1) is 10.1 Å². The molecule has 0 aromatic heterocycles. The first kappa shape index (κ1) is 17.7. The molecular formula is C14H15N3O6S. The smallest absolute Gasteiger partial charge is 0.324 e. The van der Waals surface area contributed by atoms with E-state index in [0.717, 1.165) is 16.7 Å². The molecule has 0 bridgehead atoms. The second-order valence-corrected chi connectivity index (χ2v) is 5.88. The second-order valence-electron chi connectivity index (χ2n) is 4.87. The molecule has 1 saturated heterocycles. The Kier molecular flexibility index (Phi) is 5.74. The second kappa shape index (κ2) is 7.77. The molecule has 0 radical (unpaired) electrons. The number of nitrogens with zero attached hydrogens (tertiary/aromatic N) is 2. The number of imide groups is 1. The summed E-state index contributed by atoms with van der Waals surface area (Å²) in [5.41, 5.74) is -0.104. The minimum atomic E-state index is -1.10. The molecule has 0 spiro atoms.